The molecule has 3 N–H and O–H groups in total. The number of rotatable bonds is 4. The third-order valence-electron chi connectivity index (χ3n) is 1.91. The first-order valence-corrected chi connectivity index (χ1v) is 4.90. The number of esters is 1. The number of nitrogens with zero attached hydrogens (tertiary/aromatic N) is 1. The van der Waals surface area contributed by atoms with E-state index >= 15 is 0 Å². The summed E-state index contributed by atoms with van der Waals surface area (Å²) in [5.41, 5.74) is 5.26. The lowest BCUT2D eigenvalue weighted by atomic mass is 10.2. The van der Waals surface area contributed by atoms with Gasteiger partial charge in [0.2, 0.25) is 0 Å². The summed E-state index contributed by atoms with van der Waals surface area (Å²) in [6.07, 6.45) is 0. The van der Waals surface area contributed by atoms with Gasteiger partial charge in [-0.3, -0.25) is 4.79 Å². The molecule has 0 atom stereocenters. The lowest BCUT2D eigenvalue weighted by Crippen LogP contribution is -2.29. The second-order valence-corrected chi connectivity index (χ2v) is 3.25. The van der Waals surface area contributed by atoms with Gasteiger partial charge in [0, 0.05) is 5.69 Å². The van der Waals surface area contributed by atoms with Crippen molar-refractivity contribution < 1.29 is 18.7 Å². The van der Waals surface area contributed by atoms with Crippen molar-refractivity contribution in [3.8, 4) is 6.07 Å². The molecule has 0 spiro atoms. The molecule has 94 valence electrons. The maximum atomic E-state index is 13.2. The summed E-state index contributed by atoms with van der Waals surface area (Å²) in [7, 11) is 0. The van der Waals surface area contributed by atoms with Crippen LogP contribution in [0.2, 0.25) is 0 Å². The number of hydrogen-bond acceptors (Lipinski definition) is 5. The lowest BCUT2D eigenvalue weighted by Gasteiger charge is -2.05. The monoisotopic (exact) mass is 251 g/mol. The molecule has 0 unspecified atom stereocenters. The first-order valence-electron chi connectivity index (χ1n) is 4.90. The van der Waals surface area contributed by atoms with E-state index in [0.29, 0.717) is 0 Å². The number of carbonyl (C=O) groups excluding carboxylic acids is 2. The molecule has 0 bridgehead atoms. The van der Waals surface area contributed by atoms with E-state index in [-0.39, 0.29) is 17.8 Å². The van der Waals surface area contributed by atoms with Crippen molar-refractivity contribution in [2.45, 2.75) is 0 Å². The molecule has 6 nitrogen and oxygen atoms in total. The van der Waals surface area contributed by atoms with Crippen LogP contribution >= 0.6 is 0 Å². The topological polar surface area (TPSA) is 105 Å². The Morgan fingerprint density at radius 3 is 2.89 bits per heavy atom. The molecule has 7 heteroatoms. The van der Waals surface area contributed by atoms with Gasteiger partial charge in [0.05, 0.1) is 11.6 Å². The van der Waals surface area contributed by atoms with Gasteiger partial charge in [-0.25, -0.2) is 9.18 Å². The average Bonchev–Trinajstić information content (AvgIpc) is 2.36. The molecule has 1 aromatic rings. The molecule has 0 aliphatic rings. The predicted molar refractivity (Wildman–Crippen MR) is 59.7 cm³/mol. The molecule has 0 saturated carbocycles. The number of nitriles is 1. The van der Waals surface area contributed by atoms with Crippen LogP contribution in [0, 0.1) is 17.1 Å². The third-order valence-corrected chi connectivity index (χ3v) is 1.91. The minimum absolute atomic E-state index is 0.191. The number of nitrogens with one attached hydrogen (secondary N) is 1. The highest BCUT2D eigenvalue weighted by Crippen LogP contribution is 2.13. The van der Waals surface area contributed by atoms with Gasteiger partial charge in [-0.15, -0.1) is 0 Å². The van der Waals surface area contributed by atoms with E-state index < -0.39 is 24.3 Å². The first-order chi connectivity index (χ1) is 8.54. The van der Waals surface area contributed by atoms with Crippen molar-refractivity contribution in [2.75, 3.05) is 18.9 Å². The van der Waals surface area contributed by atoms with Crippen LogP contribution in [-0.4, -0.2) is 25.0 Å². The maximum absolute atomic E-state index is 13.2. The molecule has 0 radical (unpaired) electrons. The average molecular weight is 251 g/mol. The van der Waals surface area contributed by atoms with E-state index in [1.807, 2.05) is 0 Å². The summed E-state index contributed by atoms with van der Waals surface area (Å²) in [6, 6.07) is 5.13. The molecule has 0 aliphatic carbocycles. The van der Waals surface area contributed by atoms with E-state index in [1.54, 1.807) is 6.07 Å². The minimum atomic E-state index is -0.994. The second-order valence-electron chi connectivity index (χ2n) is 3.25. The molecular weight excluding hydrogens is 241 g/mol. The van der Waals surface area contributed by atoms with Crippen molar-refractivity contribution >= 4 is 17.6 Å². The van der Waals surface area contributed by atoms with Crippen molar-refractivity contribution in [2.24, 2.45) is 0 Å². The molecular formula is C11H10FN3O3. The molecule has 0 heterocycles. The second kappa shape index (κ2) is 6.20. The van der Waals surface area contributed by atoms with Gasteiger partial charge < -0.3 is 15.8 Å². The molecule has 1 aromatic carbocycles. The van der Waals surface area contributed by atoms with E-state index in [4.69, 9.17) is 11.0 Å². The fourth-order valence-corrected chi connectivity index (χ4v) is 1.10. The van der Waals surface area contributed by atoms with Gasteiger partial charge in [-0.2, -0.15) is 5.26 Å². The Morgan fingerprint density at radius 1 is 1.50 bits per heavy atom. The standard InChI is InChI=1S/C11H10FN3O3/c12-9-2-1-7(14)5-8(9)11(17)18-6-10(16)15-4-3-13/h1-2,5H,4,6,14H2,(H,15,16). The Morgan fingerprint density at radius 2 is 2.22 bits per heavy atom. The van der Waals surface area contributed by atoms with Crippen molar-refractivity contribution in [1.82, 2.24) is 5.32 Å². The molecule has 1 amide bonds. The normalized spacial score (nSPS) is 9.33. The summed E-state index contributed by atoms with van der Waals surface area (Å²) in [6.45, 7) is -0.780. The van der Waals surface area contributed by atoms with Crippen LogP contribution in [0.1, 0.15) is 10.4 Å². The van der Waals surface area contributed by atoms with Crippen LogP contribution in [0.25, 0.3) is 0 Å². The smallest absolute Gasteiger partial charge is 0.341 e. The Hall–Kier alpha value is -2.62. The lowest BCUT2D eigenvalue weighted by molar-refractivity contribution is -0.123. The van der Waals surface area contributed by atoms with Crippen LogP contribution in [0.15, 0.2) is 18.2 Å². The van der Waals surface area contributed by atoms with E-state index in [0.717, 1.165) is 12.1 Å². The number of benzene rings is 1. The first kappa shape index (κ1) is 13.4. The van der Waals surface area contributed by atoms with Crippen LogP contribution in [0.5, 0.6) is 0 Å². The summed E-state index contributed by atoms with van der Waals surface area (Å²) < 4.78 is 17.8. The summed E-state index contributed by atoms with van der Waals surface area (Å²) in [4.78, 5) is 22.5. The Kier molecular flexibility index (Phi) is 4.63. The number of ether oxygens (including phenoxy) is 1. The Bertz CT molecular complexity index is 511. The number of hydrogen-bond donors (Lipinski definition) is 2. The zero-order chi connectivity index (χ0) is 13.5. The van der Waals surface area contributed by atoms with E-state index in [9.17, 15) is 14.0 Å². The highest BCUT2D eigenvalue weighted by atomic mass is 19.1. The SMILES string of the molecule is N#CCNC(=O)COC(=O)c1cc(N)ccc1F. The van der Waals surface area contributed by atoms with Gasteiger partial charge in [0.1, 0.15) is 12.4 Å². The molecule has 0 aliphatic heterocycles. The van der Waals surface area contributed by atoms with E-state index in [1.165, 1.54) is 6.07 Å². The Labute approximate surface area is 102 Å². The van der Waals surface area contributed by atoms with Gasteiger partial charge in [0.15, 0.2) is 6.61 Å². The maximum Gasteiger partial charge on any atom is 0.341 e. The van der Waals surface area contributed by atoms with Crippen LogP contribution < -0.4 is 11.1 Å². The summed E-state index contributed by atoms with van der Waals surface area (Å²) in [5, 5.41) is 10.4. The summed E-state index contributed by atoms with van der Waals surface area (Å²) in [5.74, 6) is -2.42. The van der Waals surface area contributed by atoms with Gasteiger partial charge in [0.25, 0.3) is 5.91 Å². The third kappa shape index (κ3) is 3.75. The number of anilines is 1. The molecule has 1 rings (SSSR count). The number of carbonyl (C=O) groups is 2. The van der Waals surface area contributed by atoms with Crippen molar-refractivity contribution in [3.63, 3.8) is 0 Å². The van der Waals surface area contributed by atoms with Crippen molar-refractivity contribution in [1.29, 1.82) is 5.26 Å². The Balaban J connectivity index is 2.58. The molecule has 0 fully saturated rings. The fraction of sp³-hybridized carbons (Fsp3) is 0.182. The highest BCUT2D eigenvalue weighted by Gasteiger charge is 2.14. The number of nitrogen functional groups attached to an aromatic ring is 1. The number of amides is 1. The van der Waals surface area contributed by atoms with Gasteiger partial charge >= 0.3 is 5.97 Å². The number of halogens is 1. The van der Waals surface area contributed by atoms with E-state index in [2.05, 4.69) is 10.1 Å². The molecule has 0 saturated heterocycles. The molecule has 18 heavy (non-hydrogen) atoms. The number of nitrogens with two attached hydrogens (primary N) is 1. The quantitative estimate of drug-likeness (QED) is 0.452. The fourth-order valence-electron chi connectivity index (χ4n) is 1.10. The predicted octanol–water partition coefficient (Wildman–Crippen LogP) is 0.204. The van der Waals surface area contributed by atoms with Crippen LogP contribution in [0.4, 0.5) is 10.1 Å². The zero-order valence-corrected chi connectivity index (χ0v) is 9.27. The van der Waals surface area contributed by atoms with Crippen LogP contribution in [-0.2, 0) is 9.53 Å². The zero-order valence-electron chi connectivity index (χ0n) is 9.27. The summed E-state index contributed by atoms with van der Waals surface area (Å²) >= 11 is 0. The molecule has 0 aromatic heterocycles. The van der Waals surface area contributed by atoms with Crippen LogP contribution in [0.3, 0.4) is 0 Å². The van der Waals surface area contributed by atoms with Gasteiger partial charge in [-0.1, -0.05) is 0 Å². The minimum Gasteiger partial charge on any atom is -0.452 e. The van der Waals surface area contributed by atoms with Crippen molar-refractivity contribution in [3.05, 3.63) is 29.6 Å². The van der Waals surface area contributed by atoms with Gasteiger partial charge in [-0.05, 0) is 18.2 Å². The largest absolute Gasteiger partial charge is 0.452 e. The highest BCUT2D eigenvalue weighted by molar-refractivity contribution is 5.92.